The van der Waals surface area contributed by atoms with Gasteiger partial charge in [0.2, 0.25) is 0 Å². The van der Waals surface area contributed by atoms with Crippen LogP contribution in [0.25, 0.3) is 0 Å². The smallest absolute Gasteiger partial charge is 0.141 e. The Labute approximate surface area is 124 Å². The molecule has 0 unspecified atom stereocenters. The van der Waals surface area contributed by atoms with E-state index in [1.54, 1.807) is 30.0 Å². The number of nitrogens with two attached hydrogens (primary N) is 1. The predicted molar refractivity (Wildman–Crippen MR) is 83.5 cm³/mol. The van der Waals surface area contributed by atoms with Gasteiger partial charge in [-0.05, 0) is 64.7 Å². The summed E-state index contributed by atoms with van der Waals surface area (Å²) < 4.78 is 6.55. The Bertz CT molecular complexity index is 599. The van der Waals surface area contributed by atoms with Crippen LogP contribution in [0.1, 0.15) is 5.56 Å². The van der Waals surface area contributed by atoms with Crippen LogP contribution in [0.5, 0.6) is 11.5 Å². The second kappa shape index (κ2) is 6.12. The Hall–Kier alpha value is -1.46. The van der Waals surface area contributed by atoms with Crippen LogP contribution in [0, 0.1) is 5.41 Å². The quantitative estimate of drug-likeness (QED) is 0.498. The van der Waals surface area contributed by atoms with Crippen molar-refractivity contribution in [1.29, 1.82) is 5.41 Å². The largest absolute Gasteiger partial charge is 0.456 e. The number of hydrogen-bond acceptors (Lipinski definition) is 3. The maximum Gasteiger partial charge on any atom is 0.141 e. The lowest BCUT2D eigenvalue weighted by Gasteiger charge is -2.09. The Morgan fingerprint density at radius 2 is 1.89 bits per heavy atom. The first-order valence-electron chi connectivity index (χ1n) is 5.56. The average molecular weight is 337 g/mol. The second-order valence-corrected chi connectivity index (χ2v) is 5.57. The van der Waals surface area contributed by atoms with Crippen LogP contribution in [-0.4, -0.2) is 12.1 Å². The van der Waals surface area contributed by atoms with Gasteiger partial charge in [-0.2, -0.15) is 0 Å². The van der Waals surface area contributed by atoms with Crippen molar-refractivity contribution < 1.29 is 4.74 Å². The number of nitrogens with one attached hydrogen (secondary N) is 1. The van der Waals surface area contributed by atoms with Crippen LogP contribution in [0.4, 0.5) is 0 Å². The molecule has 0 saturated heterocycles. The van der Waals surface area contributed by atoms with Crippen molar-refractivity contribution in [2.45, 2.75) is 4.90 Å². The first kappa shape index (κ1) is 14.0. The fourth-order valence-corrected chi connectivity index (χ4v) is 2.39. The molecule has 2 aromatic rings. The maximum absolute atomic E-state index is 7.38. The van der Waals surface area contributed by atoms with Gasteiger partial charge in [0.1, 0.15) is 17.3 Å². The SMILES string of the molecule is CSc1ccc(Oc2ccc(C(=N)N)cc2Br)cc1. The molecule has 0 saturated carbocycles. The lowest BCUT2D eigenvalue weighted by Crippen LogP contribution is -2.10. The summed E-state index contributed by atoms with van der Waals surface area (Å²) in [7, 11) is 0. The molecule has 0 bridgehead atoms. The number of thioether (sulfide) groups is 1. The lowest BCUT2D eigenvalue weighted by molar-refractivity contribution is 0.479. The lowest BCUT2D eigenvalue weighted by atomic mass is 10.2. The van der Waals surface area contributed by atoms with E-state index in [1.165, 1.54) is 4.90 Å². The summed E-state index contributed by atoms with van der Waals surface area (Å²) in [5.74, 6) is 1.51. The molecule has 2 aromatic carbocycles. The van der Waals surface area contributed by atoms with Gasteiger partial charge < -0.3 is 10.5 Å². The summed E-state index contributed by atoms with van der Waals surface area (Å²) in [4.78, 5) is 1.19. The molecule has 0 spiro atoms. The first-order chi connectivity index (χ1) is 9.10. The van der Waals surface area contributed by atoms with Crippen LogP contribution in [0.2, 0.25) is 0 Å². The van der Waals surface area contributed by atoms with E-state index in [0.29, 0.717) is 11.3 Å². The van der Waals surface area contributed by atoms with Crippen LogP contribution < -0.4 is 10.5 Å². The third-order valence-corrected chi connectivity index (χ3v) is 3.89. The molecule has 5 heteroatoms. The molecular formula is C14H13BrN2OS. The number of amidine groups is 1. The molecule has 0 amide bonds. The molecule has 2 rings (SSSR count). The first-order valence-corrected chi connectivity index (χ1v) is 7.58. The van der Waals surface area contributed by atoms with Gasteiger partial charge in [0.15, 0.2) is 0 Å². The van der Waals surface area contributed by atoms with E-state index >= 15 is 0 Å². The second-order valence-electron chi connectivity index (χ2n) is 3.84. The Balaban J connectivity index is 2.20. The summed E-state index contributed by atoms with van der Waals surface area (Å²) in [5.41, 5.74) is 6.10. The number of nitrogen functional groups attached to an aromatic ring is 1. The van der Waals surface area contributed by atoms with Crippen LogP contribution in [0.3, 0.4) is 0 Å². The van der Waals surface area contributed by atoms with Gasteiger partial charge in [-0.25, -0.2) is 0 Å². The highest BCUT2D eigenvalue weighted by atomic mass is 79.9. The number of ether oxygens (including phenoxy) is 1. The van der Waals surface area contributed by atoms with Crippen molar-refractivity contribution in [3.05, 3.63) is 52.5 Å². The van der Waals surface area contributed by atoms with Crippen molar-refractivity contribution in [2.75, 3.05) is 6.26 Å². The minimum Gasteiger partial charge on any atom is -0.456 e. The van der Waals surface area contributed by atoms with E-state index in [-0.39, 0.29) is 5.84 Å². The van der Waals surface area contributed by atoms with Crippen molar-refractivity contribution >= 4 is 33.5 Å². The van der Waals surface area contributed by atoms with E-state index in [1.807, 2.05) is 30.5 Å². The molecule has 0 aliphatic carbocycles. The van der Waals surface area contributed by atoms with Gasteiger partial charge in [0.25, 0.3) is 0 Å². The molecule has 0 atom stereocenters. The molecule has 3 N–H and O–H groups in total. The Kier molecular flexibility index (Phi) is 4.50. The molecule has 0 aromatic heterocycles. The fourth-order valence-electron chi connectivity index (χ4n) is 1.52. The van der Waals surface area contributed by atoms with Gasteiger partial charge in [-0.15, -0.1) is 11.8 Å². The molecule has 3 nitrogen and oxygen atoms in total. The Morgan fingerprint density at radius 1 is 1.21 bits per heavy atom. The maximum atomic E-state index is 7.38. The number of benzene rings is 2. The predicted octanol–water partition coefficient (Wildman–Crippen LogP) is 4.25. The summed E-state index contributed by atoms with van der Waals surface area (Å²) in [6.07, 6.45) is 2.03. The van der Waals surface area contributed by atoms with E-state index in [4.69, 9.17) is 15.9 Å². The highest BCUT2D eigenvalue weighted by Gasteiger charge is 2.05. The van der Waals surface area contributed by atoms with Gasteiger partial charge in [0, 0.05) is 10.5 Å². The molecular weight excluding hydrogens is 324 g/mol. The van der Waals surface area contributed by atoms with Gasteiger partial charge >= 0.3 is 0 Å². The zero-order valence-corrected chi connectivity index (χ0v) is 12.7. The van der Waals surface area contributed by atoms with Gasteiger partial charge in [-0.3, -0.25) is 5.41 Å². The van der Waals surface area contributed by atoms with E-state index < -0.39 is 0 Å². The number of hydrogen-bond donors (Lipinski definition) is 2. The van der Waals surface area contributed by atoms with Crippen LogP contribution >= 0.6 is 27.7 Å². The number of rotatable bonds is 4. The summed E-state index contributed by atoms with van der Waals surface area (Å²) in [6.45, 7) is 0. The van der Waals surface area contributed by atoms with E-state index in [0.717, 1.165) is 10.2 Å². The van der Waals surface area contributed by atoms with E-state index in [2.05, 4.69) is 15.9 Å². The Morgan fingerprint density at radius 3 is 2.42 bits per heavy atom. The monoisotopic (exact) mass is 336 g/mol. The molecule has 98 valence electrons. The molecule has 0 aliphatic heterocycles. The molecule has 0 radical (unpaired) electrons. The zero-order chi connectivity index (χ0) is 13.8. The van der Waals surface area contributed by atoms with Crippen LogP contribution in [-0.2, 0) is 0 Å². The third kappa shape index (κ3) is 3.52. The van der Waals surface area contributed by atoms with Gasteiger partial charge in [-0.1, -0.05) is 0 Å². The normalized spacial score (nSPS) is 10.2. The van der Waals surface area contributed by atoms with Crippen LogP contribution in [0.15, 0.2) is 51.8 Å². The number of halogens is 1. The van der Waals surface area contributed by atoms with Crippen molar-refractivity contribution in [1.82, 2.24) is 0 Å². The standard InChI is InChI=1S/C14H13BrN2OS/c1-19-11-5-3-10(4-6-11)18-13-7-2-9(14(16)17)8-12(13)15/h2-8H,1H3,(H3,16,17). The van der Waals surface area contributed by atoms with Crippen molar-refractivity contribution in [3.8, 4) is 11.5 Å². The third-order valence-electron chi connectivity index (χ3n) is 2.53. The average Bonchev–Trinajstić information content (AvgIpc) is 2.41. The van der Waals surface area contributed by atoms with Crippen molar-refractivity contribution in [3.63, 3.8) is 0 Å². The van der Waals surface area contributed by atoms with E-state index in [9.17, 15) is 0 Å². The molecule has 0 fully saturated rings. The summed E-state index contributed by atoms with van der Waals surface area (Å²) >= 11 is 5.11. The summed E-state index contributed by atoms with van der Waals surface area (Å²) in [6, 6.07) is 13.2. The minimum absolute atomic E-state index is 0.0385. The fraction of sp³-hybridized carbons (Fsp3) is 0.0714. The summed E-state index contributed by atoms with van der Waals surface area (Å²) in [5, 5.41) is 7.38. The highest BCUT2D eigenvalue weighted by Crippen LogP contribution is 2.31. The minimum atomic E-state index is 0.0385. The highest BCUT2D eigenvalue weighted by molar-refractivity contribution is 9.10. The zero-order valence-electron chi connectivity index (χ0n) is 10.3. The molecule has 19 heavy (non-hydrogen) atoms. The van der Waals surface area contributed by atoms with Crippen molar-refractivity contribution in [2.24, 2.45) is 5.73 Å². The van der Waals surface area contributed by atoms with Gasteiger partial charge in [0.05, 0.1) is 4.47 Å². The molecule has 0 aliphatic rings. The topological polar surface area (TPSA) is 59.1 Å². The molecule has 0 heterocycles.